The summed E-state index contributed by atoms with van der Waals surface area (Å²) in [5.74, 6) is -0.504. The van der Waals surface area contributed by atoms with Crippen LogP contribution in [0.5, 0.6) is 0 Å². The van der Waals surface area contributed by atoms with Crippen molar-refractivity contribution in [3.8, 4) is 11.1 Å². The number of nitrogens with zero attached hydrogens (tertiary/aromatic N) is 5. The number of nitrogens with one attached hydrogen (secondary N) is 1. The molecule has 4 heterocycles. The lowest BCUT2D eigenvalue weighted by atomic mass is 10.1. The number of hydrogen-bond acceptors (Lipinski definition) is 8. The molecule has 2 aromatic carbocycles. The van der Waals surface area contributed by atoms with Gasteiger partial charge in [0.15, 0.2) is 10.8 Å². The van der Waals surface area contributed by atoms with Crippen molar-refractivity contribution < 1.29 is 17.6 Å². The smallest absolute Gasteiger partial charge is 0.243 e. The lowest BCUT2D eigenvalue weighted by Crippen LogP contribution is -2.41. The normalized spacial score (nSPS) is 16.5. The Morgan fingerprint density at radius 3 is 2.65 bits per heavy atom. The number of halogens is 1. The van der Waals surface area contributed by atoms with Crippen molar-refractivity contribution in [2.24, 2.45) is 0 Å². The molecule has 0 saturated carbocycles. The van der Waals surface area contributed by atoms with Crippen LogP contribution in [0.4, 0.5) is 10.1 Å². The Bertz CT molecular complexity index is 1800. The van der Waals surface area contributed by atoms with E-state index in [0.29, 0.717) is 23.0 Å². The molecule has 1 N–H and O–H groups in total. The van der Waals surface area contributed by atoms with Crippen LogP contribution >= 0.6 is 23.1 Å². The average Bonchev–Trinajstić information content (AvgIpc) is 3.57. The third kappa shape index (κ3) is 5.09. The predicted molar refractivity (Wildman–Crippen MR) is 155 cm³/mol. The summed E-state index contributed by atoms with van der Waals surface area (Å²) >= 11 is 2.68. The van der Waals surface area contributed by atoms with E-state index < -0.39 is 10.0 Å². The van der Waals surface area contributed by atoms with Gasteiger partial charge in [0, 0.05) is 29.2 Å². The molecule has 206 valence electrons. The summed E-state index contributed by atoms with van der Waals surface area (Å²) in [6.45, 7) is 2.46. The van der Waals surface area contributed by atoms with E-state index in [1.807, 2.05) is 12.3 Å². The van der Waals surface area contributed by atoms with Crippen LogP contribution in [-0.2, 0) is 14.8 Å². The van der Waals surface area contributed by atoms with Gasteiger partial charge in [-0.05, 0) is 61.7 Å². The Kier molecular flexibility index (Phi) is 7.29. The molecule has 0 spiro atoms. The molecule has 3 aromatic heterocycles. The largest absolute Gasteiger partial charge is 0.325 e. The number of benzene rings is 2. The molecule has 1 amide bonds. The van der Waals surface area contributed by atoms with Crippen molar-refractivity contribution in [2.45, 2.75) is 42.3 Å². The van der Waals surface area contributed by atoms with Gasteiger partial charge in [-0.1, -0.05) is 30.3 Å². The van der Waals surface area contributed by atoms with Gasteiger partial charge in [0.2, 0.25) is 15.9 Å². The maximum absolute atomic E-state index is 13.4. The van der Waals surface area contributed by atoms with E-state index in [4.69, 9.17) is 0 Å². The van der Waals surface area contributed by atoms with Crippen LogP contribution in [0.2, 0.25) is 0 Å². The van der Waals surface area contributed by atoms with Crippen LogP contribution in [0, 0.1) is 5.82 Å². The van der Waals surface area contributed by atoms with Crippen LogP contribution < -0.4 is 5.32 Å². The standard InChI is InChI=1S/C27H25FN6O3S3/c1-17-4-2-3-13-34(17)40(36,37)21-11-9-20(10-12-21)30-23(35)15-39-27-32-31-25-24-22(18-5-7-19(28)8-6-18)14-38-26(24)29-16-33(25)27/h5-12,14,16-17H,2-4,13,15H2,1H3,(H,30,35). The second-order valence-corrected chi connectivity index (χ2v) is 13.3. The van der Waals surface area contributed by atoms with E-state index in [1.54, 1.807) is 39.3 Å². The topological polar surface area (TPSA) is 110 Å². The number of fused-ring (bicyclic) bond motifs is 3. The molecule has 0 bridgehead atoms. The van der Waals surface area contributed by atoms with Gasteiger partial charge in [-0.25, -0.2) is 17.8 Å². The highest BCUT2D eigenvalue weighted by Crippen LogP contribution is 2.36. The molecule has 5 aromatic rings. The van der Waals surface area contributed by atoms with E-state index in [0.717, 1.165) is 40.6 Å². The number of hydrogen-bond donors (Lipinski definition) is 1. The molecule has 1 unspecified atom stereocenters. The lowest BCUT2D eigenvalue weighted by molar-refractivity contribution is -0.113. The first-order chi connectivity index (χ1) is 19.3. The number of aromatic nitrogens is 4. The summed E-state index contributed by atoms with van der Waals surface area (Å²) in [5, 5.41) is 14.7. The monoisotopic (exact) mass is 596 g/mol. The van der Waals surface area contributed by atoms with Gasteiger partial charge in [-0.3, -0.25) is 9.20 Å². The molecule has 13 heteroatoms. The van der Waals surface area contributed by atoms with E-state index in [1.165, 1.54) is 47.4 Å². The van der Waals surface area contributed by atoms with Crippen molar-refractivity contribution in [1.82, 2.24) is 23.9 Å². The van der Waals surface area contributed by atoms with E-state index in [-0.39, 0.29) is 28.4 Å². The number of carbonyl (C=O) groups is 1. The first kappa shape index (κ1) is 26.8. The minimum atomic E-state index is -3.57. The van der Waals surface area contributed by atoms with E-state index >= 15 is 0 Å². The van der Waals surface area contributed by atoms with Crippen molar-refractivity contribution in [2.75, 3.05) is 17.6 Å². The zero-order valence-electron chi connectivity index (χ0n) is 21.4. The van der Waals surface area contributed by atoms with Crippen molar-refractivity contribution in [3.05, 3.63) is 66.1 Å². The molecule has 1 aliphatic heterocycles. The van der Waals surface area contributed by atoms with Crippen molar-refractivity contribution >= 4 is 60.6 Å². The van der Waals surface area contributed by atoms with Crippen LogP contribution in [0.1, 0.15) is 26.2 Å². The van der Waals surface area contributed by atoms with Crippen molar-refractivity contribution in [1.29, 1.82) is 0 Å². The first-order valence-corrected chi connectivity index (χ1v) is 16.0. The Morgan fingerprint density at radius 1 is 1.12 bits per heavy atom. The molecule has 9 nitrogen and oxygen atoms in total. The zero-order chi connectivity index (χ0) is 27.9. The van der Waals surface area contributed by atoms with Gasteiger partial charge in [0.25, 0.3) is 0 Å². The van der Waals surface area contributed by atoms with Gasteiger partial charge in [-0.15, -0.1) is 21.5 Å². The minimum Gasteiger partial charge on any atom is -0.325 e. The fourth-order valence-electron chi connectivity index (χ4n) is 4.86. The fourth-order valence-corrected chi connectivity index (χ4v) is 8.18. The Hall–Kier alpha value is -3.39. The van der Waals surface area contributed by atoms with E-state index in [2.05, 4.69) is 20.5 Å². The molecule has 40 heavy (non-hydrogen) atoms. The SMILES string of the molecule is CC1CCCCN1S(=O)(=O)c1ccc(NC(=O)CSc2nnc3c4c(-c5ccc(F)cc5)csc4ncn23)cc1. The van der Waals surface area contributed by atoms with E-state index in [9.17, 15) is 17.6 Å². The Morgan fingerprint density at radius 2 is 1.90 bits per heavy atom. The summed E-state index contributed by atoms with van der Waals surface area (Å²) < 4.78 is 42.8. The first-order valence-electron chi connectivity index (χ1n) is 12.7. The highest BCUT2D eigenvalue weighted by atomic mass is 32.2. The second-order valence-electron chi connectivity index (χ2n) is 9.58. The number of piperidine rings is 1. The number of thiophene rings is 1. The second kappa shape index (κ2) is 10.9. The molecule has 0 radical (unpaired) electrons. The number of anilines is 1. The molecular formula is C27H25FN6O3S3. The molecular weight excluding hydrogens is 572 g/mol. The Balaban J connectivity index is 1.14. The van der Waals surface area contributed by atoms with Crippen LogP contribution in [0.3, 0.4) is 0 Å². The zero-order valence-corrected chi connectivity index (χ0v) is 23.9. The molecule has 0 aliphatic carbocycles. The predicted octanol–water partition coefficient (Wildman–Crippen LogP) is 5.44. The summed E-state index contributed by atoms with van der Waals surface area (Å²) in [5.41, 5.74) is 2.85. The van der Waals surface area contributed by atoms with Gasteiger partial charge in [-0.2, -0.15) is 4.31 Å². The third-order valence-corrected chi connectivity index (χ3v) is 10.8. The molecule has 1 aliphatic rings. The van der Waals surface area contributed by atoms with Crippen LogP contribution in [0.25, 0.3) is 27.0 Å². The van der Waals surface area contributed by atoms with Gasteiger partial charge < -0.3 is 5.32 Å². The van der Waals surface area contributed by atoms with Gasteiger partial charge in [0.05, 0.1) is 16.0 Å². The Labute approximate surface area is 238 Å². The third-order valence-electron chi connectivity index (χ3n) is 6.92. The molecule has 1 fully saturated rings. The summed E-state index contributed by atoms with van der Waals surface area (Å²) in [6.07, 6.45) is 4.38. The highest BCUT2D eigenvalue weighted by Gasteiger charge is 2.30. The summed E-state index contributed by atoms with van der Waals surface area (Å²) in [6, 6.07) is 12.5. The number of carbonyl (C=O) groups excluding carboxylic acids is 1. The average molecular weight is 597 g/mol. The van der Waals surface area contributed by atoms with Crippen LogP contribution in [-0.4, -0.2) is 56.6 Å². The summed E-state index contributed by atoms with van der Waals surface area (Å²) in [4.78, 5) is 18.2. The number of sulfonamides is 1. The maximum Gasteiger partial charge on any atom is 0.243 e. The minimum absolute atomic E-state index is 0.0241. The van der Waals surface area contributed by atoms with Gasteiger partial charge >= 0.3 is 0 Å². The molecule has 1 saturated heterocycles. The fraction of sp³-hybridized carbons (Fsp3) is 0.259. The van der Waals surface area contributed by atoms with Crippen molar-refractivity contribution in [3.63, 3.8) is 0 Å². The number of rotatable bonds is 7. The highest BCUT2D eigenvalue weighted by molar-refractivity contribution is 7.99. The molecule has 1 atom stereocenters. The maximum atomic E-state index is 13.4. The lowest BCUT2D eigenvalue weighted by Gasteiger charge is -2.32. The van der Waals surface area contributed by atoms with Gasteiger partial charge in [0.1, 0.15) is 17.0 Å². The quantitative estimate of drug-likeness (QED) is 0.249. The number of amides is 1. The summed E-state index contributed by atoms with van der Waals surface area (Å²) in [7, 11) is -3.57. The van der Waals surface area contributed by atoms with Crippen LogP contribution in [0.15, 0.2) is 70.3 Å². The molecule has 6 rings (SSSR count). The number of thioether (sulfide) groups is 1.